The Hall–Kier alpha value is -2.06. The largest absolute Gasteiger partial charge is 0.349 e. The second-order valence-electron chi connectivity index (χ2n) is 9.04. The molecular formula is C24H36N4O. The van der Waals surface area contributed by atoms with Gasteiger partial charge in [0.2, 0.25) is 0 Å². The van der Waals surface area contributed by atoms with Gasteiger partial charge in [-0.25, -0.2) is 0 Å². The summed E-state index contributed by atoms with van der Waals surface area (Å²) in [5, 5.41) is 12.7. The van der Waals surface area contributed by atoms with Crippen LogP contribution in [-0.2, 0) is 4.79 Å². The minimum Gasteiger partial charge on any atom is -0.349 e. The molecule has 158 valence electrons. The van der Waals surface area contributed by atoms with Gasteiger partial charge in [0.25, 0.3) is 5.91 Å². The first-order valence-corrected chi connectivity index (χ1v) is 11.3. The molecule has 1 aromatic rings. The van der Waals surface area contributed by atoms with Crippen molar-refractivity contribution in [3.63, 3.8) is 0 Å². The Morgan fingerprint density at radius 1 is 1.17 bits per heavy atom. The van der Waals surface area contributed by atoms with E-state index in [4.69, 9.17) is 0 Å². The van der Waals surface area contributed by atoms with E-state index in [-0.39, 0.29) is 17.5 Å². The third-order valence-corrected chi connectivity index (χ3v) is 6.72. The molecule has 0 bridgehead atoms. The van der Waals surface area contributed by atoms with Gasteiger partial charge in [-0.1, -0.05) is 19.3 Å². The predicted octanol–water partition coefficient (Wildman–Crippen LogP) is 4.51. The van der Waals surface area contributed by atoms with Gasteiger partial charge >= 0.3 is 0 Å². The molecule has 1 saturated carbocycles. The number of aryl methyl sites for hydroxylation is 1. The van der Waals surface area contributed by atoms with Crippen LogP contribution >= 0.6 is 0 Å². The van der Waals surface area contributed by atoms with Crippen molar-refractivity contribution in [1.82, 2.24) is 14.8 Å². The van der Waals surface area contributed by atoms with Gasteiger partial charge in [0.15, 0.2) is 0 Å². The fourth-order valence-corrected chi connectivity index (χ4v) is 4.98. The van der Waals surface area contributed by atoms with E-state index in [1.54, 1.807) is 6.08 Å². The van der Waals surface area contributed by atoms with Crippen LogP contribution in [0.3, 0.4) is 0 Å². The topological polar surface area (TPSA) is 61.1 Å². The van der Waals surface area contributed by atoms with Crippen LogP contribution in [0.1, 0.15) is 81.8 Å². The molecule has 1 aromatic heterocycles. The van der Waals surface area contributed by atoms with E-state index in [9.17, 15) is 10.1 Å². The van der Waals surface area contributed by atoms with Crippen LogP contribution in [-0.4, -0.2) is 40.5 Å². The summed E-state index contributed by atoms with van der Waals surface area (Å²) in [4.78, 5) is 15.2. The number of rotatable bonds is 5. The Balaban J connectivity index is 1.70. The molecule has 5 heteroatoms. The third kappa shape index (κ3) is 5.11. The van der Waals surface area contributed by atoms with Gasteiger partial charge in [0.1, 0.15) is 11.6 Å². The van der Waals surface area contributed by atoms with Crippen LogP contribution in [0.25, 0.3) is 6.08 Å². The van der Waals surface area contributed by atoms with Crippen LogP contribution in [0.5, 0.6) is 0 Å². The van der Waals surface area contributed by atoms with E-state index in [2.05, 4.69) is 54.6 Å². The van der Waals surface area contributed by atoms with Crippen LogP contribution < -0.4 is 5.32 Å². The summed E-state index contributed by atoms with van der Waals surface area (Å²) in [5.74, 6) is -0.238. The second kappa shape index (κ2) is 9.63. The monoisotopic (exact) mass is 396 g/mol. The highest BCUT2D eigenvalue weighted by Crippen LogP contribution is 2.32. The van der Waals surface area contributed by atoms with E-state index in [1.165, 1.54) is 43.5 Å². The minimum atomic E-state index is -0.238. The van der Waals surface area contributed by atoms with Crippen molar-refractivity contribution in [3.05, 3.63) is 28.6 Å². The van der Waals surface area contributed by atoms with Crippen molar-refractivity contribution in [2.45, 2.75) is 90.8 Å². The summed E-state index contributed by atoms with van der Waals surface area (Å²) in [6.45, 7) is 10.7. The maximum atomic E-state index is 12.7. The normalized spacial score (nSPS) is 20.1. The maximum absolute atomic E-state index is 12.7. The predicted molar refractivity (Wildman–Crippen MR) is 117 cm³/mol. The lowest BCUT2D eigenvalue weighted by Gasteiger charge is -2.34. The first kappa shape index (κ1) is 21.6. The molecule has 2 heterocycles. The van der Waals surface area contributed by atoms with Crippen molar-refractivity contribution < 1.29 is 4.79 Å². The van der Waals surface area contributed by atoms with Gasteiger partial charge in [0.05, 0.1) is 0 Å². The van der Waals surface area contributed by atoms with Gasteiger partial charge in [0, 0.05) is 42.6 Å². The molecule has 1 aliphatic heterocycles. The average Bonchev–Trinajstić information content (AvgIpc) is 3.00. The third-order valence-electron chi connectivity index (χ3n) is 6.72. The van der Waals surface area contributed by atoms with Gasteiger partial charge in [-0.3, -0.25) is 4.79 Å². The van der Waals surface area contributed by atoms with Gasteiger partial charge in [-0.15, -0.1) is 0 Å². The Kier molecular flexibility index (Phi) is 7.18. The Labute approximate surface area is 175 Å². The number of aromatic nitrogens is 1. The standard InChI is InChI=1S/C24H36N4O/c1-17(2)27-12-10-22(11-13-27)26-24(29)21(16-25)15-20-14-18(3)28(19(20)4)23-8-6-5-7-9-23/h14-15,17,22-23H,5-13H2,1-4H3,(H,26,29)/b21-15+. The smallest absolute Gasteiger partial charge is 0.262 e. The first-order valence-electron chi connectivity index (χ1n) is 11.3. The number of carbonyl (C=O) groups excluding carboxylic acids is 1. The van der Waals surface area contributed by atoms with E-state index in [0.717, 1.165) is 31.5 Å². The molecule has 0 radical (unpaired) electrons. The van der Waals surface area contributed by atoms with E-state index in [0.29, 0.717) is 12.1 Å². The number of likely N-dealkylation sites (tertiary alicyclic amines) is 1. The molecule has 2 fully saturated rings. The Morgan fingerprint density at radius 3 is 2.41 bits per heavy atom. The lowest BCUT2D eigenvalue weighted by atomic mass is 9.95. The second-order valence-corrected chi connectivity index (χ2v) is 9.04. The number of nitrogens with one attached hydrogen (secondary N) is 1. The SMILES string of the molecule is Cc1cc(/C=C(\C#N)C(=O)NC2CCN(C(C)C)CC2)c(C)n1C1CCCCC1. The zero-order valence-electron chi connectivity index (χ0n) is 18.5. The van der Waals surface area contributed by atoms with Crippen molar-refractivity contribution in [2.75, 3.05) is 13.1 Å². The highest BCUT2D eigenvalue weighted by atomic mass is 16.1. The number of hydrogen-bond acceptors (Lipinski definition) is 3. The minimum absolute atomic E-state index is 0.156. The summed E-state index contributed by atoms with van der Waals surface area (Å²) in [6, 6.07) is 5.50. The Bertz CT molecular complexity index is 785. The highest BCUT2D eigenvalue weighted by Gasteiger charge is 2.24. The van der Waals surface area contributed by atoms with E-state index in [1.807, 2.05) is 0 Å². The summed E-state index contributed by atoms with van der Waals surface area (Å²) in [6.07, 6.45) is 10.0. The molecule has 5 nitrogen and oxygen atoms in total. The molecule has 0 aromatic carbocycles. The Morgan fingerprint density at radius 2 is 1.83 bits per heavy atom. The van der Waals surface area contributed by atoms with E-state index < -0.39 is 0 Å². The lowest BCUT2D eigenvalue weighted by Crippen LogP contribution is -2.46. The van der Waals surface area contributed by atoms with Crippen LogP contribution in [0.2, 0.25) is 0 Å². The zero-order chi connectivity index (χ0) is 21.0. The molecule has 29 heavy (non-hydrogen) atoms. The number of piperidine rings is 1. The fraction of sp³-hybridized carbons (Fsp3) is 0.667. The molecule has 1 aliphatic carbocycles. The molecule has 1 saturated heterocycles. The van der Waals surface area contributed by atoms with Crippen molar-refractivity contribution >= 4 is 12.0 Å². The molecule has 0 unspecified atom stereocenters. The number of nitrogens with zero attached hydrogens (tertiary/aromatic N) is 3. The van der Waals surface area contributed by atoms with Crippen molar-refractivity contribution in [3.8, 4) is 6.07 Å². The van der Waals surface area contributed by atoms with Gasteiger partial charge in [-0.05, 0) is 71.1 Å². The van der Waals surface area contributed by atoms with Crippen molar-refractivity contribution in [2.24, 2.45) is 0 Å². The molecular weight excluding hydrogens is 360 g/mol. The van der Waals surface area contributed by atoms with Crippen LogP contribution in [0, 0.1) is 25.2 Å². The molecule has 1 N–H and O–H groups in total. The first-order chi connectivity index (χ1) is 13.9. The molecule has 0 spiro atoms. The number of nitriles is 1. The lowest BCUT2D eigenvalue weighted by molar-refractivity contribution is -0.118. The van der Waals surface area contributed by atoms with Crippen LogP contribution in [0.4, 0.5) is 0 Å². The maximum Gasteiger partial charge on any atom is 0.262 e. The van der Waals surface area contributed by atoms with Gasteiger partial charge in [-0.2, -0.15) is 5.26 Å². The molecule has 3 rings (SSSR count). The molecule has 0 atom stereocenters. The van der Waals surface area contributed by atoms with Crippen LogP contribution in [0.15, 0.2) is 11.6 Å². The zero-order valence-corrected chi connectivity index (χ0v) is 18.5. The molecule has 1 amide bonds. The number of amides is 1. The number of carbonyl (C=O) groups is 1. The van der Waals surface area contributed by atoms with Gasteiger partial charge < -0.3 is 14.8 Å². The summed E-state index contributed by atoms with van der Waals surface area (Å²) in [5.41, 5.74) is 3.59. The quantitative estimate of drug-likeness (QED) is 0.588. The molecule has 2 aliphatic rings. The van der Waals surface area contributed by atoms with E-state index >= 15 is 0 Å². The summed E-state index contributed by atoms with van der Waals surface area (Å²) in [7, 11) is 0. The van der Waals surface area contributed by atoms with Crippen molar-refractivity contribution in [1.29, 1.82) is 5.26 Å². The number of hydrogen-bond donors (Lipinski definition) is 1. The summed E-state index contributed by atoms with van der Waals surface area (Å²) < 4.78 is 2.42. The summed E-state index contributed by atoms with van der Waals surface area (Å²) >= 11 is 0. The highest BCUT2D eigenvalue weighted by molar-refractivity contribution is 6.02. The average molecular weight is 397 g/mol. The fourth-order valence-electron chi connectivity index (χ4n) is 4.98.